The van der Waals surface area contributed by atoms with E-state index in [9.17, 15) is 4.79 Å². The van der Waals surface area contributed by atoms with Crippen molar-refractivity contribution in [3.05, 3.63) is 48.0 Å². The standard InChI is InChI=1S/C15H18N2O/c1-4-15(18)14-9-12-7-5-6-8-13(12)10-17(14)11(2)16-3/h4-8,14H,1,9-10H2,2-3H3. The van der Waals surface area contributed by atoms with Crippen molar-refractivity contribution in [2.24, 2.45) is 4.99 Å². The number of amidine groups is 1. The Morgan fingerprint density at radius 2 is 2.11 bits per heavy atom. The van der Waals surface area contributed by atoms with Gasteiger partial charge in [-0.2, -0.15) is 0 Å². The van der Waals surface area contributed by atoms with Crippen LogP contribution < -0.4 is 0 Å². The first-order chi connectivity index (χ1) is 8.67. The minimum absolute atomic E-state index is 0.0625. The summed E-state index contributed by atoms with van der Waals surface area (Å²) in [6.07, 6.45) is 2.14. The molecule has 2 rings (SSSR count). The summed E-state index contributed by atoms with van der Waals surface area (Å²) >= 11 is 0. The molecule has 3 heteroatoms. The molecule has 1 unspecified atom stereocenters. The molecule has 18 heavy (non-hydrogen) atoms. The van der Waals surface area contributed by atoms with E-state index in [0.717, 1.165) is 18.8 Å². The Morgan fingerprint density at radius 3 is 2.72 bits per heavy atom. The number of hydrogen-bond donors (Lipinski definition) is 0. The van der Waals surface area contributed by atoms with Gasteiger partial charge in [-0.1, -0.05) is 30.8 Å². The third kappa shape index (κ3) is 2.21. The Kier molecular flexibility index (Phi) is 3.60. The van der Waals surface area contributed by atoms with Gasteiger partial charge in [0.05, 0.1) is 11.9 Å². The van der Waals surface area contributed by atoms with E-state index in [0.29, 0.717) is 0 Å². The largest absolute Gasteiger partial charge is 0.346 e. The number of hydrogen-bond acceptors (Lipinski definition) is 2. The maximum absolute atomic E-state index is 12.0. The van der Waals surface area contributed by atoms with Crippen molar-refractivity contribution >= 4 is 11.6 Å². The second kappa shape index (κ2) is 5.17. The molecule has 0 radical (unpaired) electrons. The van der Waals surface area contributed by atoms with Crippen LogP contribution in [0.25, 0.3) is 0 Å². The van der Waals surface area contributed by atoms with Crippen LogP contribution in [-0.4, -0.2) is 29.6 Å². The molecule has 0 N–H and O–H groups in total. The summed E-state index contributed by atoms with van der Waals surface area (Å²) in [7, 11) is 1.76. The van der Waals surface area contributed by atoms with E-state index in [4.69, 9.17) is 0 Å². The predicted octanol–water partition coefficient (Wildman–Crippen LogP) is 2.22. The number of nitrogens with zero attached hydrogens (tertiary/aromatic N) is 2. The molecule has 0 bridgehead atoms. The third-order valence-electron chi connectivity index (χ3n) is 3.52. The zero-order valence-corrected chi connectivity index (χ0v) is 10.9. The fraction of sp³-hybridized carbons (Fsp3) is 0.333. The zero-order chi connectivity index (χ0) is 13.1. The highest BCUT2D eigenvalue weighted by atomic mass is 16.1. The van der Waals surface area contributed by atoms with Gasteiger partial charge < -0.3 is 4.90 Å². The number of benzene rings is 1. The number of rotatable bonds is 2. The fourth-order valence-electron chi connectivity index (χ4n) is 2.38. The monoisotopic (exact) mass is 242 g/mol. The van der Waals surface area contributed by atoms with Crippen molar-refractivity contribution in [2.45, 2.75) is 25.9 Å². The Balaban J connectivity index is 2.39. The number of fused-ring (bicyclic) bond motifs is 1. The van der Waals surface area contributed by atoms with Gasteiger partial charge in [-0.15, -0.1) is 0 Å². The number of carbonyl (C=O) groups excluding carboxylic acids is 1. The van der Waals surface area contributed by atoms with Gasteiger partial charge in [0, 0.05) is 20.0 Å². The van der Waals surface area contributed by atoms with E-state index in [1.54, 1.807) is 7.05 Å². The molecule has 1 heterocycles. The average Bonchev–Trinajstić information content (AvgIpc) is 2.44. The minimum atomic E-state index is -0.166. The van der Waals surface area contributed by atoms with Crippen molar-refractivity contribution in [3.8, 4) is 0 Å². The van der Waals surface area contributed by atoms with Crippen LogP contribution in [0.4, 0.5) is 0 Å². The van der Waals surface area contributed by atoms with Gasteiger partial charge in [-0.05, 0) is 24.1 Å². The molecule has 0 spiro atoms. The van der Waals surface area contributed by atoms with Crippen LogP contribution in [0, 0.1) is 0 Å². The van der Waals surface area contributed by atoms with Crippen LogP contribution >= 0.6 is 0 Å². The molecule has 0 aliphatic carbocycles. The maximum atomic E-state index is 12.0. The lowest BCUT2D eigenvalue weighted by molar-refractivity contribution is -0.118. The van der Waals surface area contributed by atoms with Gasteiger partial charge in [-0.3, -0.25) is 9.79 Å². The SMILES string of the molecule is C=CC(=O)C1Cc2ccccc2CN1C(C)=NC. The molecular weight excluding hydrogens is 224 g/mol. The van der Waals surface area contributed by atoms with E-state index in [-0.39, 0.29) is 11.8 Å². The Bertz CT molecular complexity index is 476. The smallest absolute Gasteiger partial charge is 0.177 e. The van der Waals surface area contributed by atoms with Crippen LogP contribution in [-0.2, 0) is 17.8 Å². The predicted molar refractivity (Wildman–Crippen MR) is 73.7 cm³/mol. The first kappa shape index (κ1) is 12.6. The number of aliphatic imine (C=N–C) groups is 1. The van der Waals surface area contributed by atoms with Crippen molar-refractivity contribution in [1.82, 2.24) is 4.90 Å². The molecule has 1 aliphatic rings. The maximum Gasteiger partial charge on any atom is 0.177 e. The second-order valence-corrected chi connectivity index (χ2v) is 4.49. The second-order valence-electron chi connectivity index (χ2n) is 4.49. The molecule has 1 atom stereocenters. The molecular formula is C15H18N2O. The van der Waals surface area contributed by atoms with Gasteiger partial charge >= 0.3 is 0 Å². The lowest BCUT2D eigenvalue weighted by atomic mass is 9.91. The van der Waals surface area contributed by atoms with Gasteiger partial charge in [0.1, 0.15) is 0 Å². The van der Waals surface area contributed by atoms with E-state index in [1.807, 2.05) is 19.1 Å². The molecule has 94 valence electrons. The van der Waals surface area contributed by atoms with Crippen LogP contribution in [0.1, 0.15) is 18.1 Å². The molecule has 0 aromatic heterocycles. The Labute approximate surface area is 108 Å². The highest BCUT2D eigenvalue weighted by Gasteiger charge is 2.30. The quantitative estimate of drug-likeness (QED) is 0.452. The van der Waals surface area contributed by atoms with Gasteiger partial charge in [0.15, 0.2) is 5.78 Å². The first-order valence-electron chi connectivity index (χ1n) is 6.10. The van der Waals surface area contributed by atoms with Crippen molar-refractivity contribution in [2.75, 3.05) is 7.05 Å². The van der Waals surface area contributed by atoms with Gasteiger partial charge in [0.25, 0.3) is 0 Å². The lowest BCUT2D eigenvalue weighted by Gasteiger charge is -2.36. The van der Waals surface area contributed by atoms with Gasteiger partial charge in [0.2, 0.25) is 0 Å². The Hall–Kier alpha value is -1.90. The van der Waals surface area contributed by atoms with Crippen LogP contribution in [0.3, 0.4) is 0 Å². The molecule has 1 aromatic carbocycles. The molecule has 0 saturated heterocycles. The summed E-state index contributed by atoms with van der Waals surface area (Å²) in [6, 6.07) is 8.09. The summed E-state index contributed by atoms with van der Waals surface area (Å²) < 4.78 is 0. The molecule has 0 saturated carbocycles. The molecule has 1 aromatic rings. The summed E-state index contributed by atoms with van der Waals surface area (Å²) in [4.78, 5) is 18.3. The zero-order valence-electron chi connectivity index (χ0n) is 10.9. The topological polar surface area (TPSA) is 32.7 Å². The van der Waals surface area contributed by atoms with Crippen LogP contribution in [0.5, 0.6) is 0 Å². The molecule has 3 nitrogen and oxygen atoms in total. The van der Waals surface area contributed by atoms with E-state index in [2.05, 4.69) is 28.6 Å². The van der Waals surface area contributed by atoms with Crippen LogP contribution in [0.2, 0.25) is 0 Å². The van der Waals surface area contributed by atoms with E-state index in [1.165, 1.54) is 17.2 Å². The lowest BCUT2D eigenvalue weighted by Crippen LogP contribution is -2.47. The third-order valence-corrected chi connectivity index (χ3v) is 3.52. The van der Waals surface area contributed by atoms with Crippen LogP contribution in [0.15, 0.2) is 41.9 Å². The van der Waals surface area contributed by atoms with Crippen molar-refractivity contribution < 1.29 is 4.79 Å². The Morgan fingerprint density at radius 1 is 1.44 bits per heavy atom. The summed E-state index contributed by atoms with van der Waals surface area (Å²) in [5.74, 6) is 0.956. The van der Waals surface area contributed by atoms with Crippen molar-refractivity contribution in [3.63, 3.8) is 0 Å². The minimum Gasteiger partial charge on any atom is -0.346 e. The normalized spacial score (nSPS) is 19.3. The average molecular weight is 242 g/mol. The van der Waals surface area contributed by atoms with E-state index >= 15 is 0 Å². The highest BCUT2D eigenvalue weighted by Crippen LogP contribution is 2.24. The molecule has 1 aliphatic heterocycles. The van der Waals surface area contributed by atoms with Gasteiger partial charge in [-0.25, -0.2) is 0 Å². The number of ketones is 1. The summed E-state index contributed by atoms with van der Waals surface area (Å²) in [5.41, 5.74) is 2.52. The summed E-state index contributed by atoms with van der Waals surface area (Å²) in [5, 5.41) is 0. The molecule has 0 fully saturated rings. The fourth-order valence-corrected chi connectivity index (χ4v) is 2.38. The highest BCUT2D eigenvalue weighted by molar-refractivity contribution is 5.97. The van der Waals surface area contributed by atoms with E-state index < -0.39 is 0 Å². The number of carbonyl (C=O) groups is 1. The summed E-state index contributed by atoms with van der Waals surface area (Å²) in [6.45, 7) is 6.28. The first-order valence-corrected chi connectivity index (χ1v) is 6.10. The molecule has 0 amide bonds. The van der Waals surface area contributed by atoms with Crippen molar-refractivity contribution in [1.29, 1.82) is 0 Å².